The fourth-order valence-corrected chi connectivity index (χ4v) is 1.37. The van der Waals surface area contributed by atoms with E-state index in [4.69, 9.17) is 11.6 Å². The summed E-state index contributed by atoms with van der Waals surface area (Å²) in [5.41, 5.74) is 1.03. The summed E-state index contributed by atoms with van der Waals surface area (Å²) in [7, 11) is 0. The monoisotopic (exact) mass is 226 g/mol. The van der Waals surface area contributed by atoms with Crippen molar-refractivity contribution in [1.29, 1.82) is 0 Å². The predicted octanol–water partition coefficient (Wildman–Crippen LogP) is 2.72. The summed E-state index contributed by atoms with van der Waals surface area (Å²) >= 11 is 5.77. The Morgan fingerprint density at radius 1 is 1.40 bits per heavy atom. The first-order valence-electron chi connectivity index (χ1n) is 4.93. The number of urea groups is 1. The average molecular weight is 227 g/mol. The number of hydrogen-bond donors (Lipinski definition) is 2. The molecule has 2 amide bonds. The Morgan fingerprint density at radius 3 is 2.53 bits per heavy atom. The molecule has 0 fully saturated rings. The molecule has 0 bridgehead atoms. The quantitative estimate of drug-likeness (QED) is 0.818. The Kier molecular flexibility index (Phi) is 4.43. The smallest absolute Gasteiger partial charge is 0.315 e. The number of carbonyl (C=O) groups is 1. The molecule has 2 N–H and O–H groups in total. The van der Waals surface area contributed by atoms with Crippen molar-refractivity contribution in [2.75, 3.05) is 6.54 Å². The number of rotatable bonds is 3. The van der Waals surface area contributed by atoms with E-state index in [-0.39, 0.29) is 12.1 Å². The molecule has 0 saturated heterocycles. The third-order valence-electron chi connectivity index (χ3n) is 2.05. The van der Waals surface area contributed by atoms with Crippen molar-refractivity contribution in [2.24, 2.45) is 0 Å². The first-order chi connectivity index (χ1) is 7.13. The molecule has 0 aliphatic heterocycles. The van der Waals surface area contributed by atoms with Crippen molar-refractivity contribution in [3.63, 3.8) is 0 Å². The van der Waals surface area contributed by atoms with E-state index in [0.29, 0.717) is 11.6 Å². The van der Waals surface area contributed by atoms with Gasteiger partial charge in [-0.3, -0.25) is 0 Å². The van der Waals surface area contributed by atoms with E-state index < -0.39 is 0 Å². The molecule has 0 aliphatic rings. The summed E-state index contributed by atoms with van der Waals surface area (Å²) in [5, 5.41) is 6.20. The van der Waals surface area contributed by atoms with Crippen LogP contribution in [0.25, 0.3) is 0 Å². The molecule has 4 heteroatoms. The minimum atomic E-state index is -0.153. The predicted molar refractivity (Wildman–Crippen MR) is 62.1 cm³/mol. The lowest BCUT2D eigenvalue weighted by molar-refractivity contribution is 0.238. The molecule has 3 nitrogen and oxygen atoms in total. The summed E-state index contributed by atoms with van der Waals surface area (Å²) in [6, 6.07) is 7.26. The van der Waals surface area contributed by atoms with Crippen LogP contribution >= 0.6 is 11.6 Å². The molecular weight excluding hydrogens is 212 g/mol. The lowest BCUT2D eigenvalue weighted by atomic mass is 10.1. The van der Waals surface area contributed by atoms with Crippen LogP contribution in [0.15, 0.2) is 24.3 Å². The van der Waals surface area contributed by atoms with E-state index >= 15 is 0 Å². The van der Waals surface area contributed by atoms with E-state index in [1.165, 1.54) is 0 Å². The second-order valence-electron chi connectivity index (χ2n) is 3.28. The van der Waals surface area contributed by atoms with Crippen LogP contribution < -0.4 is 10.6 Å². The van der Waals surface area contributed by atoms with Crippen molar-refractivity contribution in [3.8, 4) is 0 Å². The molecule has 0 spiro atoms. The van der Waals surface area contributed by atoms with Gasteiger partial charge in [-0.2, -0.15) is 0 Å². The first-order valence-corrected chi connectivity index (χ1v) is 5.31. The van der Waals surface area contributed by atoms with Gasteiger partial charge in [0.25, 0.3) is 0 Å². The van der Waals surface area contributed by atoms with Gasteiger partial charge < -0.3 is 10.6 Å². The molecule has 15 heavy (non-hydrogen) atoms. The van der Waals surface area contributed by atoms with Gasteiger partial charge in [-0.25, -0.2) is 4.79 Å². The molecule has 1 aromatic rings. The van der Waals surface area contributed by atoms with Crippen LogP contribution in [0, 0.1) is 0 Å². The number of benzene rings is 1. The fraction of sp³-hybridized carbons (Fsp3) is 0.364. The van der Waals surface area contributed by atoms with Crippen LogP contribution in [-0.4, -0.2) is 12.6 Å². The maximum absolute atomic E-state index is 11.2. The van der Waals surface area contributed by atoms with Gasteiger partial charge in [0.15, 0.2) is 0 Å². The van der Waals surface area contributed by atoms with E-state index in [0.717, 1.165) is 5.56 Å². The zero-order valence-corrected chi connectivity index (χ0v) is 9.64. The van der Waals surface area contributed by atoms with Gasteiger partial charge in [-0.15, -0.1) is 0 Å². The molecular formula is C11H15ClN2O. The van der Waals surface area contributed by atoms with Crippen LogP contribution in [0.2, 0.25) is 5.02 Å². The Bertz CT molecular complexity index is 324. The molecule has 1 aromatic carbocycles. The number of hydrogen-bond acceptors (Lipinski definition) is 1. The van der Waals surface area contributed by atoms with E-state index in [1.807, 2.05) is 38.1 Å². The topological polar surface area (TPSA) is 41.1 Å². The fourth-order valence-electron chi connectivity index (χ4n) is 1.24. The van der Waals surface area contributed by atoms with Crippen molar-refractivity contribution in [3.05, 3.63) is 34.9 Å². The highest BCUT2D eigenvalue weighted by Crippen LogP contribution is 2.15. The third kappa shape index (κ3) is 3.80. The highest BCUT2D eigenvalue weighted by atomic mass is 35.5. The van der Waals surface area contributed by atoms with Gasteiger partial charge in [0.05, 0.1) is 6.04 Å². The van der Waals surface area contributed by atoms with Crippen molar-refractivity contribution < 1.29 is 4.79 Å². The van der Waals surface area contributed by atoms with E-state index in [9.17, 15) is 4.79 Å². The largest absolute Gasteiger partial charge is 0.338 e. The Balaban J connectivity index is 2.57. The summed E-state index contributed by atoms with van der Waals surface area (Å²) < 4.78 is 0. The lowest BCUT2D eigenvalue weighted by Gasteiger charge is -2.14. The number of halogens is 1. The van der Waals surface area contributed by atoms with E-state index in [1.54, 1.807) is 0 Å². The SMILES string of the molecule is CCNC(=O)NC(C)c1ccc(Cl)cc1. The first kappa shape index (κ1) is 11.9. The van der Waals surface area contributed by atoms with Crippen LogP contribution in [0.4, 0.5) is 4.79 Å². The van der Waals surface area contributed by atoms with Gasteiger partial charge in [-0.05, 0) is 31.5 Å². The van der Waals surface area contributed by atoms with Gasteiger partial charge in [0.1, 0.15) is 0 Å². The Labute approximate surface area is 94.8 Å². The van der Waals surface area contributed by atoms with Crippen molar-refractivity contribution >= 4 is 17.6 Å². The van der Waals surface area contributed by atoms with Crippen LogP contribution in [-0.2, 0) is 0 Å². The zero-order chi connectivity index (χ0) is 11.3. The molecule has 0 aliphatic carbocycles. The highest BCUT2D eigenvalue weighted by molar-refractivity contribution is 6.30. The van der Waals surface area contributed by atoms with Gasteiger partial charge in [-0.1, -0.05) is 23.7 Å². The molecule has 0 heterocycles. The van der Waals surface area contributed by atoms with Crippen LogP contribution in [0.1, 0.15) is 25.5 Å². The third-order valence-corrected chi connectivity index (χ3v) is 2.31. The maximum Gasteiger partial charge on any atom is 0.315 e. The summed E-state index contributed by atoms with van der Waals surface area (Å²) in [6.45, 7) is 4.43. The Morgan fingerprint density at radius 2 is 2.00 bits per heavy atom. The Hall–Kier alpha value is -1.22. The molecule has 0 saturated carbocycles. The maximum atomic E-state index is 11.2. The van der Waals surface area contributed by atoms with E-state index in [2.05, 4.69) is 10.6 Å². The number of carbonyl (C=O) groups excluding carboxylic acids is 1. The molecule has 82 valence electrons. The molecule has 0 radical (unpaired) electrons. The molecule has 1 unspecified atom stereocenters. The summed E-state index contributed by atoms with van der Waals surface area (Å²) in [4.78, 5) is 11.2. The molecule has 1 rings (SSSR count). The van der Waals surface area contributed by atoms with Gasteiger partial charge >= 0.3 is 6.03 Å². The summed E-state index contributed by atoms with van der Waals surface area (Å²) in [5.74, 6) is 0. The molecule has 0 aromatic heterocycles. The average Bonchev–Trinajstić information content (AvgIpc) is 2.18. The second-order valence-corrected chi connectivity index (χ2v) is 3.71. The minimum absolute atomic E-state index is 0.0196. The lowest BCUT2D eigenvalue weighted by Crippen LogP contribution is -2.36. The van der Waals surface area contributed by atoms with Crippen LogP contribution in [0.5, 0.6) is 0 Å². The minimum Gasteiger partial charge on any atom is -0.338 e. The molecule has 1 atom stereocenters. The number of nitrogens with one attached hydrogen (secondary N) is 2. The summed E-state index contributed by atoms with van der Waals surface area (Å²) in [6.07, 6.45) is 0. The standard InChI is InChI=1S/C11H15ClN2O/c1-3-13-11(15)14-8(2)9-4-6-10(12)7-5-9/h4-8H,3H2,1-2H3,(H2,13,14,15). The van der Waals surface area contributed by atoms with Crippen molar-refractivity contribution in [2.45, 2.75) is 19.9 Å². The van der Waals surface area contributed by atoms with Gasteiger partial charge in [0, 0.05) is 11.6 Å². The van der Waals surface area contributed by atoms with Crippen molar-refractivity contribution in [1.82, 2.24) is 10.6 Å². The number of amides is 2. The van der Waals surface area contributed by atoms with Crippen LogP contribution in [0.3, 0.4) is 0 Å². The second kappa shape index (κ2) is 5.61. The zero-order valence-electron chi connectivity index (χ0n) is 8.88. The highest BCUT2D eigenvalue weighted by Gasteiger charge is 2.07. The normalized spacial score (nSPS) is 11.9. The van der Waals surface area contributed by atoms with Gasteiger partial charge in [0.2, 0.25) is 0 Å².